The molecule has 1 saturated heterocycles. The van der Waals surface area contributed by atoms with Crippen molar-refractivity contribution in [1.29, 1.82) is 0 Å². The molecule has 2 heterocycles. The highest BCUT2D eigenvalue weighted by atomic mass is 79.9. The lowest BCUT2D eigenvalue weighted by molar-refractivity contribution is -0.140. The summed E-state index contributed by atoms with van der Waals surface area (Å²) < 4.78 is 6.24. The number of aliphatic hydroxyl groups is 1. The molecule has 5 nitrogen and oxygen atoms in total. The monoisotopic (exact) mass is 451 g/mol. The zero-order valence-electron chi connectivity index (χ0n) is 15.6. The van der Waals surface area contributed by atoms with Crippen molar-refractivity contribution in [2.45, 2.75) is 19.5 Å². The summed E-state index contributed by atoms with van der Waals surface area (Å²) in [5, 5.41) is 11.0. The van der Waals surface area contributed by atoms with Crippen LogP contribution in [0.15, 0.2) is 81.4 Å². The Bertz CT molecular complexity index is 1080. The molecule has 1 aliphatic rings. The number of aliphatic hydroxyl groups excluding tert-OH is 1. The maximum Gasteiger partial charge on any atom is 0.296 e. The third-order valence-electron chi connectivity index (χ3n) is 4.96. The van der Waals surface area contributed by atoms with Crippen molar-refractivity contribution in [2.24, 2.45) is 0 Å². The first-order chi connectivity index (χ1) is 14.0. The highest BCUT2D eigenvalue weighted by Gasteiger charge is 2.46. The highest BCUT2D eigenvalue weighted by molar-refractivity contribution is 9.10. The van der Waals surface area contributed by atoms with Crippen molar-refractivity contribution in [3.05, 3.63) is 99.4 Å². The Morgan fingerprint density at radius 2 is 1.76 bits per heavy atom. The van der Waals surface area contributed by atoms with Crippen molar-refractivity contribution >= 4 is 33.4 Å². The van der Waals surface area contributed by atoms with Crippen molar-refractivity contribution < 1.29 is 19.1 Å². The number of likely N-dealkylation sites (tertiary alicyclic amines) is 1. The van der Waals surface area contributed by atoms with Crippen LogP contribution in [0.5, 0.6) is 0 Å². The molecule has 0 radical (unpaired) electrons. The van der Waals surface area contributed by atoms with Gasteiger partial charge in [-0.25, -0.2) is 0 Å². The van der Waals surface area contributed by atoms with E-state index in [1.807, 2.05) is 31.2 Å². The number of rotatable bonds is 4. The number of amides is 1. The Hall–Kier alpha value is -3.12. The Labute approximate surface area is 176 Å². The molecular weight excluding hydrogens is 434 g/mol. The Morgan fingerprint density at radius 1 is 1.07 bits per heavy atom. The van der Waals surface area contributed by atoms with Gasteiger partial charge in [0.2, 0.25) is 0 Å². The molecule has 0 saturated carbocycles. The quantitative estimate of drug-likeness (QED) is 0.345. The summed E-state index contributed by atoms with van der Waals surface area (Å²) in [6.45, 7) is 2.10. The molecule has 1 unspecified atom stereocenters. The summed E-state index contributed by atoms with van der Waals surface area (Å²) in [5.41, 5.74) is 2.36. The first-order valence-corrected chi connectivity index (χ1v) is 9.88. The number of benzene rings is 2. The predicted molar refractivity (Wildman–Crippen MR) is 112 cm³/mol. The van der Waals surface area contributed by atoms with Gasteiger partial charge in [0.05, 0.1) is 24.4 Å². The third kappa shape index (κ3) is 3.63. The molecule has 2 aromatic carbocycles. The van der Waals surface area contributed by atoms with E-state index in [1.165, 1.54) is 11.2 Å². The van der Waals surface area contributed by atoms with Crippen LogP contribution in [0.2, 0.25) is 0 Å². The molecule has 29 heavy (non-hydrogen) atoms. The Balaban J connectivity index is 1.86. The predicted octanol–water partition coefficient (Wildman–Crippen LogP) is 4.97. The summed E-state index contributed by atoms with van der Waals surface area (Å²) in [6.07, 6.45) is 1.52. The molecule has 1 amide bonds. The van der Waals surface area contributed by atoms with Gasteiger partial charge in [-0.2, -0.15) is 0 Å². The summed E-state index contributed by atoms with van der Waals surface area (Å²) in [6, 6.07) is 17.3. The van der Waals surface area contributed by atoms with Crippen LogP contribution in [-0.4, -0.2) is 21.7 Å². The standard InChI is InChI=1S/C23H18BrNO4/c1-14-4-6-15(7-5-14)20-19(21(26)16-8-10-17(24)11-9-16)22(27)23(28)25(20)13-18-3-2-12-29-18/h2-12,20,26H,13H2,1H3/b21-19+. The average molecular weight is 452 g/mol. The first-order valence-electron chi connectivity index (χ1n) is 9.09. The molecule has 1 aromatic heterocycles. The fourth-order valence-corrected chi connectivity index (χ4v) is 3.74. The lowest BCUT2D eigenvalue weighted by Gasteiger charge is -2.24. The fourth-order valence-electron chi connectivity index (χ4n) is 3.47. The van der Waals surface area contributed by atoms with E-state index in [9.17, 15) is 14.7 Å². The van der Waals surface area contributed by atoms with Crippen LogP contribution in [0, 0.1) is 6.92 Å². The lowest BCUT2D eigenvalue weighted by atomic mass is 9.94. The zero-order valence-corrected chi connectivity index (χ0v) is 17.2. The molecular formula is C23H18BrNO4. The van der Waals surface area contributed by atoms with Gasteiger partial charge in [0, 0.05) is 10.0 Å². The van der Waals surface area contributed by atoms with Crippen molar-refractivity contribution in [3.63, 3.8) is 0 Å². The van der Waals surface area contributed by atoms with Gasteiger partial charge >= 0.3 is 0 Å². The van der Waals surface area contributed by atoms with Crippen LogP contribution in [0.3, 0.4) is 0 Å². The van der Waals surface area contributed by atoms with E-state index in [4.69, 9.17) is 4.42 Å². The van der Waals surface area contributed by atoms with E-state index in [2.05, 4.69) is 15.9 Å². The van der Waals surface area contributed by atoms with E-state index in [0.29, 0.717) is 11.3 Å². The molecule has 1 fully saturated rings. The molecule has 1 aliphatic heterocycles. The average Bonchev–Trinajstić information content (AvgIpc) is 3.31. The third-order valence-corrected chi connectivity index (χ3v) is 5.49. The van der Waals surface area contributed by atoms with Gasteiger partial charge in [-0.1, -0.05) is 57.9 Å². The second-order valence-corrected chi connectivity index (χ2v) is 7.84. The van der Waals surface area contributed by atoms with Crippen LogP contribution in [0.4, 0.5) is 0 Å². The molecule has 0 spiro atoms. The Morgan fingerprint density at radius 3 is 2.38 bits per heavy atom. The van der Waals surface area contributed by atoms with Crippen LogP contribution < -0.4 is 0 Å². The van der Waals surface area contributed by atoms with Crippen LogP contribution in [0.25, 0.3) is 5.76 Å². The Kier molecular flexibility index (Phi) is 5.11. The summed E-state index contributed by atoms with van der Waals surface area (Å²) in [4.78, 5) is 27.2. The largest absolute Gasteiger partial charge is 0.507 e. The molecule has 1 atom stereocenters. The van der Waals surface area contributed by atoms with E-state index in [0.717, 1.165) is 15.6 Å². The molecule has 4 rings (SSSR count). The van der Waals surface area contributed by atoms with Crippen LogP contribution in [-0.2, 0) is 16.1 Å². The fraction of sp³-hybridized carbons (Fsp3) is 0.130. The number of hydrogen-bond donors (Lipinski definition) is 1. The van der Waals surface area contributed by atoms with Gasteiger partial charge in [0.25, 0.3) is 11.7 Å². The number of carbonyl (C=O) groups is 2. The molecule has 146 valence electrons. The summed E-state index contributed by atoms with van der Waals surface area (Å²) in [5.74, 6) is -0.996. The van der Waals surface area contributed by atoms with E-state index >= 15 is 0 Å². The number of Topliss-reactive ketones (excluding diaryl/α,β-unsaturated/α-hetero) is 1. The number of nitrogens with zero attached hydrogens (tertiary/aromatic N) is 1. The number of ketones is 1. The van der Waals surface area contributed by atoms with E-state index < -0.39 is 17.7 Å². The van der Waals surface area contributed by atoms with Gasteiger partial charge < -0.3 is 14.4 Å². The molecule has 3 aromatic rings. The van der Waals surface area contributed by atoms with Gasteiger partial charge in [-0.05, 0) is 36.8 Å². The van der Waals surface area contributed by atoms with Crippen molar-refractivity contribution in [2.75, 3.05) is 0 Å². The number of hydrogen-bond acceptors (Lipinski definition) is 4. The minimum Gasteiger partial charge on any atom is -0.507 e. The van der Waals surface area contributed by atoms with Gasteiger partial charge in [-0.3, -0.25) is 9.59 Å². The van der Waals surface area contributed by atoms with Crippen LogP contribution >= 0.6 is 15.9 Å². The van der Waals surface area contributed by atoms with Gasteiger partial charge in [-0.15, -0.1) is 0 Å². The van der Waals surface area contributed by atoms with Crippen LogP contribution in [0.1, 0.15) is 28.5 Å². The van der Waals surface area contributed by atoms with Gasteiger partial charge in [0.15, 0.2) is 0 Å². The number of furan rings is 1. The molecule has 0 aliphatic carbocycles. The smallest absolute Gasteiger partial charge is 0.296 e. The molecule has 0 bridgehead atoms. The van der Waals surface area contributed by atoms with Crippen molar-refractivity contribution in [1.82, 2.24) is 4.90 Å². The maximum atomic E-state index is 12.9. The maximum absolute atomic E-state index is 12.9. The molecule has 6 heteroatoms. The van der Waals surface area contributed by atoms with E-state index in [1.54, 1.807) is 36.4 Å². The normalized spacial score (nSPS) is 18.4. The minimum atomic E-state index is -0.706. The van der Waals surface area contributed by atoms with E-state index in [-0.39, 0.29) is 17.9 Å². The zero-order chi connectivity index (χ0) is 20.5. The summed E-state index contributed by atoms with van der Waals surface area (Å²) in [7, 11) is 0. The number of aryl methyl sites for hydroxylation is 1. The first kappa shape index (κ1) is 19.2. The second kappa shape index (κ2) is 7.72. The SMILES string of the molecule is Cc1ccc(C2/C(=C(\O)c3ccc(Br)cc3)C(=O)C(=O)N2Cc2ccco2)cc1. The number of halogens is 1. The summed E-state index contributed by atoms with van der Waals surface area (Å²) >= 11 is 3.36. The molecule has 1 N–H and O–H groups in total. The topological polar surface area (TPSA) is 70.8 Å². The van der Waals surface area contributed by atoms with Crippen molar-refractivity contribution in [3.8, 4) is 0 Å². The lowest BCUT2D eigenvalue weighted by Crippen LogP contribution is -2.29. The number of carbonyl (C=O) groups excluding carboxylic acids is 2. The minimum absolute atomic E-state index is 0.0766. The highest BCUT2D eigenvalue weighted by Crippen LogP contribution is 2.40. The van der Waals surface area contributed by atoms with Gasteiger partial charge in [0.1, 0.15) is 11.5 Å². The second-order valence-electron chi connectivity index (χ2n) is 6.92.